The fourth-order valence-corrected chi connectivity index (χ4v) is 8.87. The second-order valence-electron chi connectivity index (χ2n) is 6.27. The topological polar surface area (TPSA) is 0 Å². The Morgan fingerprint density at radius 1 is 1.05 bits per heavy atom. The third kappa shape index (κ3) is 4.46. The van der Waals surface area contributed by atoms with Gasteiger partial charge in [0.25, 0.3) is 0 Å². The van der Waals surface area contributed by atoms with Crippen LogP contribution < -0.4 is 24.8 Å². The molecule has 0 amide bonds. The van der Waals surface area contributed by atoms with Gasteiger partial charge in [0.15, 0.2) is 0 Å². The van der Waals surface area contributed by atoms with Crippen molar-refractivity contribution in [3.63, 3.8) is 0 Å². The second kappa shape index (κ2) is 8.32. The minimum Gasteiger partial charge on any atom is -1.00 e. The molecule has 0 N–H and O–H groups in total. The molecule has 3 heteroatoms. The molecular formula is C18H26Cl2Zr. The molecule has 0 bridgehead atoms. The maximum absolute atomic E-state index is 2.57. The minimum absolute atomic E-state index is 0. The van der Waals surface area contributed by atoms with E-state index in [0.717, 1.165) is 0 Å². The van der Waals surface area contributed by atoms with Gasteiger partial charge in [-0.3, -0.25) is 0 Å². The van der Waals surface area contributed by atoms with Crippen LogP contribution in [0.25, 0.3) is 0 Å². The molecule has 0 saturated heterocycles. The molecule has 0 aliphatic heterocycles. The monoisotopic (exact) mass is 402 g/mol. The normalized spacial score (nSPS) is 25.3. The number of halogens is 2. The summed E-state index contributed by atoms with van der Waals surface area (Å²) < 4.78 is 0.862. The number of allylic oxidation sites excluding steroid dienone is 8. The van der Waals surface area contributed by atoms with Gasteiger partial charge in [-0.2, -0.15) is 0 Å². The fraction of sp³-hybridized carbons (Fsp3) is 0.556. The molecule has 2 rings (SSSR count). The van der Waals surface area contributed by atoms with Crippen LogP contribution in [-0.4, -0.2) is 0 Å². The molecule has 0 nitrogen and oxygen atoms in total. The molecule has 0 spiro atoms. The van der Waals surface area contributed by atoms with Gasteiger partial charge >= 0.3 is 130 Å². The molecule has 1 unspecified atom stereocenters. The van der Waals surface area contributed by atoms with E-state index in [0.29, 0.717) is 6.25 Å². The summed E-state index contributed by atoms with van der Waals surface area (Å²) in [5.41, 5.74) is 4.69. The first kappa shape index (κ1) is 21.4. The van der Waals surface area contributed by atoms with Crippen LogP contribution in [-0.2, 0) is 23.2 Å². The number of hydrogen-bond donors (Lipinski definition) is 0. The second-order valence-corrected chi connectivity index (χ2v) is 11.7. The summed E-state index contributed by atoms with van der Waals surface area (Å²) in [6.07, 6.45) is 16.1. The van der Waals surface area contributed by atoms with Crippen molar-refractivity contribution in [3.05, 3.63) is 47.1 Å². The summed E-state index contributed by atoms with van der Waals surface area (Å²) in [7, 11) is 0. The number of rotatable bonds is 5. The molecule has 116 valence electrons. The van der Waals surface area contributed by atoms with Gasteiger partial charge in [-0.05, 0) is 0 Å². The van der Waals surface area contributed by atoms with Crippen LogP contribution >= 0.6 is 0 Å². The van der Waals surface area contributed by atoms with Gasteiger partial charge < -0.3 is 24.8 Å². The van der Waals surface area contributed by atoms with E-state index in [1.54, 1.807) is 11.1 Å². The Morgan fingerprint density at radius 3 is 2.05 bits per heavy atom. The van der Waals surface area contributed by atoms with Gasteiger partial charge in [-0.15, -0.1) is 0 Å². The van der Waals surface area contributed by atoms with Crippen LogP contribution in [0, 0.1) is 0 Å². The predicted octanol–water partition coefficient (Wildman–Crippen LogP) is 0.0267. The molecule has 0 aromatic carbocycles. The van der Waals surface area contributed by atoms with Crippen molar-refractivity contribution >= 4 is 0 Å². The quantitative estimate of drug-likeness (QED) is 0.607. The first-order valence-corrected chi connectivity index (χ1v) is 9.92. The SMILES string of the molecule is CCCC[C]1([Zr+2][C]2(C)C=C(C)C(C)=C2C)C=CC=C1.[Cl-].[Cl-]. The third-order valence-electron chi connectivity index (χ3n) is 4.77. The van der Waals surface area contributed by atoms with E-state index in [4.69, 9.17) is 0 Å². The first-order valence-electron chi connectivity index (χ1n) is 7.47. The smallest absolute Gasteiger partial charge is 1.00 e. The third-order valence-corrected chi connectivity index (χ3v) is 9.90. The zero-order valence-electron chi connectivity index (χ0n) is 13.8. The molecule has 1 atom stereocenters. The van der Waals surface area contributed by atoms with Crippen molar-refractivity contribution in [2.75, 3.05) is 0 Å². The van der Waals surface area contributed by atoms with Gasteiger partial charge in [0.05, 0.1) is 0 Å². The largest absolute Gasteiger partial charge is 1.00 e. The Balaban J connectivity index is 0.00000200. The summed E-state index contributed by atoms with van der Waals surface area (Å²) in [5, 5.41) is 0. The maximum atomic E-state index is 2.57. The molecule has 21 heavy (non-hydrogen) atoms. The molecule has 0 aromatic heterocycles. The predicted molar refractivity (Wildman–Crippen MR) is 81.0 cm³/mol. The van der Waals surface area contributed by atoms with Crippen molar-refractivity contribution in [2.45, 2.75) is 60.1 Å². The Kier molecular flexibility index (Phi) is 8.49. The molecule has 2 aliphatic rings. The number of unbranched alkanes of at least 4 members (excludes halogenated alkanes) is 1. The Morgan fingerprint density at radius 2 is 1.62 bits per heavy atom. The average Bonchev–Trinajstić information content (AvgIpc) is 2.89. The van der Waals surface area contributed by atoms with Crippen LogP contribution in [0.5, 0.6) is 0 Å². The van der Waals surface area contributed by atoms with Gasteiger partial charge in [-0.25, -0.2) is 0 Å². The van der Waals surface area contributed by atoms with Gasteiger partial charge in [0.2, 0.25) is 0 Å². The van der Waals surface area contributed by atoms with E-state index < -0.39 is 23.2 Å². The molecule has 0 radical (unpaired) electrons. The van der Waals surface area contributed by atoms with E-state index in [-0.39, 0.29) is 24.8 Å². The summed E-state index contributed by atoms with van der Waals surface area (Å²) in [5.74, 6) is 0. The zero-order chi connectivity index (χ0) is 14.1. The van der Waals surface area contributed by atoms with Crippen LogP contribution in [0.1, 0.15) is 53.9 Å². The van der Waals surface area contributed by atoms with Crippen LogP contribution in [0.3, 0.4) is 0 Å². The van der Waals surface area contributed by atoms with Crippen molar-refractivity contribution in [3.8, 4) is 0 Å². The molecule has 0 saturated carbocycles. The summed E-state index contributed by atoms with van der Waals surface area (Å²) in [4.78, 5) is 0. The van der Waals surface area contributed by atoms with Crippen molar-refractivity contribution < 1.29 is 48.0 Å². The Labute approximate surface area is 154 Å². The zero-order valence-corrected chi connectivity index (χ0v) is 17.7. The van der Waals surface area contributed by atoms with Crippen molar-refractivity contribution in [1.29, 1.82) is 0 Å². The summed E-state index contributed by atoms with van der Waals surface area (Å²) in [6.45, 7) is 11.7. The Bertz CT molecular complexity index is 473. The minimum atomic E-state index is -0.613. The summed E-state index contributed by atoms with van der Waals surface area (Å²) in [6, 6.07) is 0. The van der Waals surface area contributed by atoms with Gasteiger partial charge in [0.1, 0.15) is 0 Å². The van der Waals surface area contributed by atoms with Crippen molar-refractivity contribution in [2.24, 2.45) is 0 Å². The molecule has 0 aromatic rings. The van der Waals surface area contributed by atoms with Crippen LogP contribution in [0.4, 0.5) is 0 Å². The van der Waals surface area contributed by atoms with E-state index in [1.165, 1.54) is 24.8 Å². The van der Waals surface area contributed by atoms with Gasteiger partial charge in [-0.1, -0.05) is 0 Å². The number of hydrogen-bond acceptors (Lipinski definition) is 0. The van der Waals surface area contributed by atoms with Gasteiger partial charge in [0, 0.05) is 0 Å². The van der Waals surface area contributed by atoms with E-state index in [1.807, 2.05) is 0 Å². The van der Waals surface area contributed by atoms with Crippen LogP contribution in [0.15, 0.2) is 47.1 Å². The molecular weight excluding hydrogens is 378 g/mol. The molecule has 0 heterocycles. The standard InChI is InChI=1S/2C9H13.2ClH.Zr/c1-6-5-7(2)9(4)8(6)3;1-2-3-6-9-7-4-5-8-9;;;/h5H,1-4H3;4-5,7-8H,2-3,6H2,1H3;2*1H;/q;;;;+2/p-2. The average molecular weight is 405 g/mol. The first-order chi connectivity index (χ1) is 8.92. The van der Waals surface area contributed by atoms with Crippen molar-refractivity contribution in [1.82, 2.24) is 0 Å². The van der Waals surface area contributed by atoms with E-state index in [2.05, 4.69) is 65.0 Å². The molecule has 0 fully saturated rings. The van der Waals surface area contributed by atoms with E-state index >= 15 is 0 Å². The Hall–Kier alpha value is 0.423. The maximum Gasteiger partial charge on any atom is -1.00 e. The fourth-order valence-electron chi connectivity index (χ4n) is 3.24. The summed E-state index contributed by atoms with van der Waals surface area (Å²) >= 11 is -0.613. The van der Waals surface area contributed by atoms with Crippen LogP contribution in [0.2, 0.25) is 6.25 Å². The molecule has 2 aliphatic carbocycles. The van der Waals surface area contributed by atoms with E-state index in [9.17, 15) is 0 Å².